The van der Waals surface area contributed by atoms with Gasteiger partial charge in [0.2, 0.25) is 5.95 Å². The van der Waals surface area contributed by atoms with Gasteiger partial charge in [-0.05, 0) is 37.1 Å². The number of nitrogens with one attached hydrogen (secondary N) is 1. The van der Waals surface area contributed by atoms with E-state index >= 15 is 0 Å². The number of nitrogens with two attached hydrogens (primary N) is 1. The zero-order chi connectivity index (χ0) is 20.5. The Morgan fingerprint density at radius 1 is 0.933 bits per heavy atom. The number of amides is 2. The standard InChI is InChI=1S/C23H26N6O/c24-21-18-9-3-4-10-20(18)25-22(27-21)28-12-14-29(15-13-28)23(30)26-19-11-5-7-16-6-1-2-8-17(16)19/h1-2,5-8,11H,3-4,9-10,12-15H2,(H,26,30)(H2,24,25,27). The molecule has 0 bridgehead atoms. The molecule has 30 heavy (non-hydrogen) atoms. The van der Waals surface area contributed by atoms with Gasteiger partial charge in [-0.2, -0.15) is 4.98 Å². The number of rotatable bonds is 2. The van der Waals surface area contributed by atoms with Gasteiger partial charge in [0.1, 0.15) is 5.82 Å². The Bertz CT molecular complexity index is 1080. The van der Waals surface area contributed by atoms with E-state index in [-0.39, 0.29) is 6.03 Å². The molecule has 1 aliphatic heterocycles. The molecule has 0 unspecified atom stereocenters. The first-order valence-corrected chi connectivity index (χ1v) is 10.6. The molecule has 0 radical (unpaired) electrons. The van der Waals surface area contributed by atoms with Crippen molar-refractivity contribution in [3.05, 3.63) is 53.7 Å². The average molecular weight is 403 g/mol. The number of hydrogen-bond donors (Lipinski definition) is 2. The van der Waals surface area contributed by atoms with Gasteiger partial charge >= 0.3 is 6.03 Å². The highest BCUT2D eigenvalue weighted by Crippen LogP contribution is 2.27. The van der Waals surface area contributed by atoms with E-state index in [0.29, 0.717) is 37.9 Å². The molecule has 2 heterocycles. The molecule has 0 atom stereocenters. The lowest BCUT2D eigenvalue weighted by atomic mass is 9.96. The lowest BCUT2D eigenvalue weighted by molar-refractivity contribution is 0.208. The Balaban J connectivity index is 1.26. The Kier molecular flexibility index (Phi) is 4.86. The number of nitrogens with zero attached hydrogens (tertiary/aromatic N) is 4. The number of anilines is 3. The molecular formula is C23H26N6O. The van der Waals surface area contributed by atoms with Crippen LogP contribution in [-0.4, -0.2) is 47.1 Å². The molecule has 1 aromatic heterocycles. The zero-order valence-electron chi connectivity index (χ0n) is 17.0. The first-order valence-electron chi connectivity index (χ1n) is 10.6. The van der Waals surface area contributed by atoms with Crippen molar-refractivity contribution in [1.29, 1.82) is 0 Å². The van der Waals surface area contributed by atoms with Crippen LogP contribution >= 0.6 is 0 Å². The first kappa shape index (κ1) is 18.7. The fourth-order valence-electron chi connectivity index (χ4n) is 4.39. The molecule has 0 spiro atoms. The van der Waals surface area contributed by atoms with Crippen molar-refractivity contribution < 1.29 is 4.79 Å². The van der Waals surface area contributed by atoms with Crippen molar-refractivity contribution >= 4 is 34.3 Å². The average Bonchev–Trinajstić information content (AvgIpc) is 2.79. The smallest absolute Gasteiger partial charge is 0.321 e. The van der Waals surface area contributed by atoms with Crippen molar-refractivity contribution in [2.45, 2.75) is 25.7 Å². The minimum absolute atomic E-state index is 0.0723. The molecule has 2 amide bonds. The second-order valence-electron chi connectivity index (χ2n) is 7.97. The van der Waals surface area contributed by atoms with E-state index in [4.69, 9.17) is 10.7 Å². The summed E-state index contributed by atoms with van der Waals surface area (Å²) in [4.78, 5) is 26.2. The number of piperazine rings is 1. The minimum atomic E-state index is -0.0723. The molecule has 1 saturated heterocycles. The van der Waals surface area contributed by atoms with Gasteiger partial charge in [0.05, 0.1) is 11.4 Å². The van der Waals surface area contributed by atoms with Crippen LogP contribution in [0.5, 0.6) is 0 Å². The number of fused-ring (bicyclic) bond motifs is 2. The van der Waals surface area contributed by atoms with Crippen molar-refractivity contribution in [3.8, 4) is 0 Å². The molecule has 1 aliphatic carbocycles. The fraction of sp³-hybridized carbons (Fsp3) is 0.348. The molecule has 2 aliphatic rings. The van der Waals surface area contributed by atoms with Gasteiger partial charge < -0.3 is 20.9 Å². The third kappa shape index (κ3) is 3.51. The van der Waals surface area contributed by atoms with Crippen LogP contribution in [0.25, 0.3) is 10.8 Å². The van der Waals surface area contributed by atoms with Gasteiger partial charge in [-0.15, -0.1) is 0 Å². The Hall–Kier alpha value is -3.35. The van der Waals surface area contributed by atoms with Gasteiger partial charge in [0.15, 0.2) is 0 Å². The second kappa shape index (κ2) is 7.82. The van der Waals surface area contributed by atoms with Crippen LogP contribution in [0.2, 0.25) is 0 Å². The number of carbonyl (C=O) groups is 1. The van der Waals surface area contributed by atoms with Gasteiger partial charge in [-0.1, -0.05) is 36.4 Å². The molecule has 154 valence electrons. The van der Waals surface area contributed by atoms with Crippen LogP contribution in [0.15, 0.2) is 42.5 Å². The fourth-order valence-corrected chi connectivity index (χ4v) is 4.39. The Morgan fingerprint density at radius 2 is 1.70 bits per heavy atom. The summed E-state index contributed by atoms with van der Waals surface area (Å²) < 4.78 is 0. The van der Waals surface area contributed by atoms with E-state index in [0.717, 1.165) is 53.4 Å². The van der Waals surface area contributed by atoms with Gasteiger partial charge in [-0.3, -0.25) is 0 Å². The summed E-state index contributed by atoms with van der Waals surface area (Å²) in [5.74, 6) is 1.31. The predicted molar refractivity (Wildman–Crippen MR) is 120 cm³/mol. The molecular weight excluding hydrogens is 376 g/mol. The predicted octanol–water partition coefficient (Wildman–Crippen LogP) is 3.44. The van der Waals surface area contributed by atoms with E-state index < -0.39 is 0 Å². The van der Waals surface area contributed by atoms with Gasteiger partial charge in [-0.25, -0.2) is 9.78 Å². The van der Waals surface area contributed by atoms with Crippen LogP contribution in [0.4, 0.5) is 22.2 Å². The lowest BCUT2D eigenvalue weighted by Crippen LogP contribution is -2.50. The number of nitrogen functional groups attached to an aromatic ring is 1. The number of aryl methyl sites for hydroxylation is 1. The summed E-state index contributed by atoms with van der Waals surface area (Å²) in [5.41, 5.74) is 9.26. The van der Waals surface area contributed by atoms with Crippen LogP contribution in [-0.2, 0) is 12.8 Å². The maximum atomic E-state index is 12.8. The molecule has 3 N–H and O–H groups in total. The van der Waals surface area contributed by atoms with E-state index in [1.54, 1.807) is 0 Å². The third-order valence-electron chi connectivity index (χ3n) is 6.08. The molecule has 1 fully saturated rings. The minimum Gasteiger partial charge on any atom is -0.383 e. The lowest BCUT2D eigenvalue weighted by Gasteiger charge is -2.35. The summed E-state index contributed by atoms with van der Waals surface area (Å²) in [6.07, 6.45) is 4.27. The molecule has 7 nitrogen and oxygen atoms in total. The summed E-state index contributed by atoms with van der Waals surface area (Å²) >= 11 is 0. The largest absolute Gasteiger partial charge is 0.383 e. The number of hydrogen-bond acceptors (Lipinski definition) is 5. The number of aromatic nitrogens is 2. The summed E-state index contributed by atoms with van der Waals surface area (Å²) in [6.45, 7) is 2.64. The molecule has 3 aromatic rings. The van der Waals surface area contributed by atoms with E-state index in [9.17, 15) is 4.79 Å². The summed E-state index contributed by atoms with van der Waals surface area (Å²) in [5, 5.41) is 5.24. The number of benzene rings is 2. The van der Waals surface area contributed by atoms with Crippen LogP contribution in [0.1, 0.15) is 24.1 Å². The van der Waals surface area contributed by atoms with Crippen LogP contribution in [0.3, 0.4) is 0 Å². The van der Waals surface area contributed by atoms with Crippen molar-refractivity contribution in [1.82, 2.24) is 14.9 Å². The van der Waals surface area contributed by atoms with Crippen LogP contribution in [0, 0.1) is 0 Å². The van der Waals surface area contributed by atoms with Crippen molar-refractivity contribution in [2.24, 2.45) is 0 Å². The van der Waals surface area contributed by atoms with Crippen molar-refractivity contribution in [3.63, 3.8) is 0 Å². The Labute approximate surface area is 175 Å². The SMILES string of the molecule is Nc1nc(N2CCN(C(=O)Nc3cccc4ccccc34)CC2)nc2c1CCCC2. The quantitative estimate of drug-likeness (QED) is 0.686. The maximum Gasteiger partial charge on any atom is 0.321 e. The summed E-state index contributed by atoms with van der Waals surface area (Å²) in [6, 6.07) is 14.0. The highest BCUT2D eigenvalue weighted by atomic mass is 16.2. The van der Waals surface area contributed by atoms with E-state index in [1.165, 1.54) is 0 Å². The first-order chi connectivity index (χ1) is 14.7. The number of carbonyl (C=O) groups excluding carboxylic acids is 1. The molecule has 0 saturated carbocycles. The van der Waals surface area contributed by atoms with Crippen LogP contribution < -0.4 is 16.0 Å². The molecule has 7 heteroatoms. The highest BCUT2D eigenvalue weighted by molar-refractivity contribution is 6.01. The van der Waals surface area contributed by atoms with Crippen molar-refractivity contribution in [2.75, 3.05) is 42.1 Å². The zero-order valence-corrected chi connectivity index (χ0v) is 17.0. The molecule has 2 aromatic carbocycles. The normalized spacial score (nSPS) is 16.4. The summed E-state index contributed by atoms with van der Waals surface area (Å²) in [7, 11) is 0. The highest BCUT2D eigenvalue weighted by Gasteiger charge is 2.25. The second-order valence-corrected chi connectivity index (χ2v) is 7.97. The third-order valence-corrected chi connectivity index (χ3v) is 6.08. The molecule has 5 rings (SSSR count). The van der Waals surface area contributed by atoms with E-state index in [2.05, 4.69) is 15.2 Å². The topological polar surface area (TPSA) is 87.4 Å². The monoisotopic (exact) mass is 402 g/mol. The number of urea groups is 1. The Morgan fingerprint density at radius 3 is 2.57 bits per heavy atom. The van der Waals surface area contributed by atoms with Gasteiger partial charge in [0.25, 0.3) is 0 Å². The van der Waals surface area contributed by atoms with Gasteiger partial charge in [0, 0.05) is 37.1 Å². The maximum absolute atomic E-state index is 12.8. The van der Waals surface area contributed by atoms with E-state index in [1.807, 2.05) is 47.4 Å².